The predicted molar refractivity (Wildman–Crippen MR) is 142 cm³/mol. The molecule has 36 heavy (non-hydrogen) atoms. The summed E-state index contributed by atoms with van der Waals surface area (Å²) < 4.78 is 26.6. The normalized spacial score (nSPS) is 10.9. The molecule has 3 heterocycles. The molecule has 0 radical (unpaired) electrons. The number of imidazole rings is 1. The van der Waals surface area contributed by atoms with Crippen LogP contribution < -0.4 is 11.4 Å². The van der Waals surface area contributed by atoms with E-state index in [9.17, 15) is 9.36 Å². The second-order valence-electron chi connectivity index (χ2n) is 7.00. The summed E-state index contributed by atoms with van der Waals surface area (Å²) >= 11 is 0. The van der Waals surface area contributed by atoms with E-state index in [1.807, 2.05) is 52.0 Å². The van der Waals surface area contributed by atoms with Crippen LogP contribution in [-0.4, -0.2) is 42.5 Å². The van der Waals surface area contributed by atoms with Gasteiger partial charge in [-0.1, -0.05) is 52.0 Å². The van der Waals surface area contributed by atoms with Gasteiger partial charge in [0.15, 0.2) is 11.5 Å². The largest absolute Gasteiger partial charge is 0.382 e. The minimum atomic E-state index is -3.24. The van der Waals surface area contributed by atoms with Gasteiger partial charge in [-0.25, -0.2) is 9.48 Å². The Morgan fingerprint density at radius 2 is 1.69 bits per heavy atom. The lowest BCUT2D eigenvalue weighted by atomic mass is 10.1. The number of H-pyrrole nitrogens is 1. The molecule has 196 valence electrons. The SMILES string of the molecule is CC.CC.CCOP(=O)(Cc1cccc(Cn2c(=O)[nH]c3c(N)nc(-n4cccn4)nc32)c1)OCC. The number of aromatic amines is 1. The highest BCUT2D eigenvalue weighted by Gasteiger charge is 2.24. The van der Waals surface area contributed by atoms with E-state index in [0.717, 1.165) is 11.1 Å². The molecule has 3 aromatic heterocycles. The van der Waals surface area contributed by atoms with Gasteiger partial charge in [0, 0.05) is 12.4 Å². The number of aromatic nitrogens is 6. The Morgan fingerprint density at radius 1 is 1.03 bits per heavy atom. The van der Waals surface area contributed by atoms with E-state index in [4.69, 9.17) is 14.8 Å². The molecule has 12 heteroatoms. The van der Waals surface area contributed by atoms with Gasteiger partial charge >= 0.3 is 13.3 Å². The van der Waals surface area contributed by atoms with Crippen LogP contribution in [0.1, 0.15) is 52.7 Å². The van der Waals surface area contributed by atoms with Gasteiger partial charge in [-0.2, -0.15) is 15.1 Å². The van der Waals surface area contributed by atoms with E-state index in [1.54, 1.807) is 32.3 Å². The number of fused-ring (bicyclic) bond motifs is 1. The van der Waals surface area contributed by atoms with E-state index in [2.05, 4.69) is 20.1 Å². The van der Waals surface area contributed by atoms with Gasteiger partial charge in [0.1, 0.15) is 5.52 Å². The Morgan fingerprint density at radius 3 is 2.31 bits per heavy atom. The van der Waals surface area contributed by atoms with Crippen molar-refractivity contribution in [3.05, 3.63) is 64.3 Å². The molecule has 3 N–H and O–H groups in total. The van der Waals surface area contributed by atoms with Crippen LogP contribution in [0.25, 0.3) is 17.1 Å². The van der Waals surface area contributed by atoms with Crippen molar-refractivity contribution in [1.29, 1.82) is 0 Å². The molecule has 0 atom stereocenters. The Bertz CT molecular complexity index is 1320. The van der Waals surface area contributed by atoms with E-state index >= 15 is 0 Å². The fourth-order valence-corrected chi connectivity index (χ4v) is 5.12. The summed E-state index contributed by atoms with van der Waals surface area (Å²) in [6.45, 7) is 12.4. The van der Waals surface area contributed by atoms with Gasteiger partial charge in [-0.3, -0.25) is 9.13 Å². The summed E-state index contributed by atoms with van der Waals surface area (Å²) in [5.74, 6) is 0.412. The van der Waals surface area contributed by atoms with Gasteiger partial charge in [-0.05, 0) is 31.0 Å². The van der Waals surface area contributed by atoms with Crippen LogP contribution in [-0.2, 0) is 26.3 Å². The quantitative estimate of drug-likeness (QED) is 0.303. The zero-order valence-corrected chi connectivity index (χ0v) is 22.7. The van der Waals surface area contributed by atoms with Crippen LogP contribution in [0.2, 0.25) is 0 Å². The third-order valence-electron chi connectivity index (χ3n) is 4.71. The van der Waals surface area contributed by atoms with Crippen LogP contribution in [0.5, 0.6) is 0 Å². The summed E-state index contributed by atoms with van der Waals surface area (Å²) in [6.07, 6.45) is 3.43. The first-order valence-electron chi connectivity index (χ1n) is 12.1. The van der Waals surface area contributed by atoms with Crippen LogP contribution in [0, 0.1) is 0 Å². The molecule has 11 nitrogen and oxygen atoms in total. The Balaban J connectivity index is 0.00000109. The number of anilines is 1. The van der Waals surface area contributed by atoms with Gasteiger partial charge in [-0.15, -0.1) is 0 Å². The molecule has 4 rings (SSSR count). The number of benzene rings is 1. The Hall–Kier alpha value is -3.27. The standard InChI is InChI=1S/C20H24N7O4P.2C2H6/c1-3-30-32(29,31-4-2)13-15-8-5-7-14(11-15)12-26-18-16(23-20(26)28)17(21)24-19(25-18)27-10-6-9-22-27;2*1-2/h5-11H,3-4,12-13H2,1-2H3,(H,23,28)(H2,21,24,25);2*1-2H3. The molecule has 0 aliphatic heterocycles. The number of nitrogens with one attached hydrogen (secondary N) is 1. The van der Waals surface area contributed by atoms with E-state index in [1.165, 1.54) is 9.25 Å². The smallest absolute Gasteiger partial charge is 0.335 e. The molecular weight excluding hydrogens is 481 g/mol. The summed E-state index contributed by atoms with van der Waals surface area (Å²) in [7, 11) is -3.24. The molecule has 0 amide bonds. The average molecular weight is 518 g/mol. The van der Waals surface area contributed by atoms with Gasteiger partial charge in [0.25, 0.3) is 5.95 Å². The zero-order chi connectivity index (χ0) is 26.7. The van der Waals surface area contributed by atoms with Crippen molar-refractivity contribution in [1.82, 2.24) is 29.3 Å². The van der Waals surface area contributed by atoms with Crippen molar-refractivity contribution in [2.24, 2.45) is 0 Å². The molecule has 0 unspecified atom stereocenters. The van der Waals surface area contributed by atoms with E-state index < -0.39 is 7.60 Å². The van der Waals surface area contributed by atoms with Crippen LogP contribution in [0.4, 0.5) is 5.82 Å². The summed E-state index contributed by atoms with van der Waals surface area (Å²) in [5, 5.41) is 4.12. The second-order valence-corrected chi connectivity index (χ2v) is 9.05. The lowest BCUT2D eigenvalue weighted by Gasteiger charge is -2.17. The van der Waals surface area contributed by atoms with E-state index in [0.29, 0.717) is 24.4 Å². The molecule has 0 aliphatic rings. The highest BCUT2D eigenvalue weighted by atomic mass is 31.2. The summed E-state index contributed by atoms with van der Waals surface area (Å²) in [4.78, 5) is 24.1. The van der Waals surface area contributed by atoms with Crippen LogP contribution in [0.15, 0.2) is 47.5 Å². The van der Waals surface area contributed by atoms with Crippen molar-refractivity contribution in [3.63, 3.8) is 0 Å². The Labute approximate surface area is 211 Å². The van der Waals surface area contributed by atoms with E-state index in [-0.39, 0.29) is 30.2 Å². The van der Waals surface area contributed by atoms with Gasteiger partial charge in [0.2, 0.25) is 0 Å². The molecule has 1 aromatic carbocycles. The van der Waals surface area contributed by atoms with Crippen LogP contribution in [0.3, 0.4) is 0 Å². The van der Waals surface area contributed by atoms with Crippen molar-refractivity contribution in [2.45, 2.75) is 54.2 Å². The third-order valence-corrected chi connectivity index (χ3v) is 6.76. The molecule has 0 bridgehead atoms. The number of nitrogen functional groups attached to an aromatic ring is 1. The lowest BCUT2D eigenvalue weighted by molar-refractivity contribution is 0.219. The van der Waals surface area contributed by atoms with Crippen molar-refractivity contribution >= 4 is 24.6 Å². The minimum Gasteiger partial charge on any atom is -0.382 e. The first-order valence-corrected chi connectivity index (χ1v) is 13.9. The number of nitrogens with zero attached hydrogens (tertiary/aromatic N) is 5. The van der Waals surface area contributed by atoms with Gasteiger partial charge < -0.3 is 19.8 Å². The highest BCUT2D eigenvalue weighted by molar-refractivity contribution is 7.53. The lowest BCUT2D eigenvalue weighted by Crippen LogP contribution is -2.18. The fourth-order valence-electron chi connectivity index (χ4n) is 3.43. The maximum Gasteiger partial charge on any atom is 0.335 e. The van der Waals surface area contributed by atoms with Gasteiger partial charge in [0.05, 0.1) is 25.9 Å². The summed E-state index contributed by atoms with van der Waals surface area (Å²) in [6, 6.07) is 9.17. The topological polar surface area (TPSA) is 143 Å². The molecule has 4 aromatic rings. The molecule has 0 aliphatic carbocycles. The first kappa shape index (κ1) is 29.0. The second kappa shape index (κ2) is 13.7. The fraction of sp³-hybridized carbons (Fsp3) is 0.417. The minimum absolute atomic E-state index is 0.143. The van der Waals surface area contributed by atoms with Crippen LogP contribution >= 0.6 is 7.60 Å². The average Bonchev–Trinajstić information content (AvgIpc) is 3.51. The predicted octanol–water partition coefficient (Wildman–Crippen LogP) is 4.75. The summed E-state index contributed by atoms with van der Waals surface area (Å²) in [5.41, 5.74) is 8.03. The van der Waals surface area contributed by atoms with Crippen molar-refractivity contribution < 1.29 is 13.6 Å². The third kappa shape index (κ3) is 6.90. The molecular formula is C24H36N7O4P. The molecule has 0 saturated heterocycles. The zero-order valence-electron chi connectivity index (χ0n) is 21.8. The molecule has 0 spiro atoms. The first-order chi connectivity index (χ1) is 17.4. The Kier molecular flexibility index (Phi) is 11.0. The number of hydrogen-bond acceptors (Lipinski definition) is 8. The number of nitrogens with two attached hydrogens (primary N) is 1. The molecule has 0 fully saturated rings. The monoisotopic (exact) mass is 517 g/mol. The highest BCUT2D eigenvalue weighted by Crippen LogP contribution is 2.51. The maximum absolute atomic E-state index is 12.9. The van der Waals surface area contributed by atoms with Crippen molar-refractivity contribution in [2.75, 3.05) is 18.9 Å². The number of hydrogen-bond donors (Lipinski definition) is 2. The number of rotatable bonds is 9. The van der Waals surface area contributed by atoms with Crippen molar-refractivity contribution in [3.8, 4) is 5.95 Å². The molecule has 0 saturated carbocycles. The maximum atomic E-state index is 12.9.